The van der Waals surface area contributed by atoms with Crippen LogP contribution in [0.2, 0.25) is 0 Å². The van der Waals surface area contributed by atoms with Crippen LogP contribution in [0.3, 0.4) is 0 Å². The normalized spacial score (nSPS) is 29.2. The maximum absolute atomic E-state index is 13.4. The van der Waals surface area contributed by atoms with Crippen molar-refractivity contribution in [3.05, 3.63) is 54.1 Å². The summed E-state index contributed by atoms with van der Waals surface area (Å²) in [4.78, 5) is 28.7. The Bertz CT molecular complexity index is 1110. The molecule has 2 aromatic carbocycles. The minimum atomic E-state index is -0.609. The molecule has 8 nitrogen and oxygen atoms in total. The first-order valence-electron chi connectivity index (χ1n) is 13.4. The first kappa shape index (κ1) is 25.7. The fourth-order valence-electron chi connectivity index (χ4n) is 5.66. The van der Waals surface area contributed by atoms with Gasteiger partial charge in [-0.15, -0.1) is 0 Å². The van der Waals surface area contributed by atoms with Gasteiger partial charge in [0.2, 0.25) is 5.91 Å². The van der Waals surface area contributed by atoms with Crippen molar-refractivity contribution in [2.45, 2.75) is 76.0 Å². The number of carbonyl (C=O) groups excluding carboxylic acids is 2. The lowest BCUT2D eigenvalue weighted by molar-refractivity contribution is -0.134. The van der Waals surface area contributed by atoms with Gasteiger partial charge in [0.15, 0.2) is 0 Å². The van der Waals surface area contributed by atoms with Crippen LogP contribution in [0.15, 0.2) is 48.5 Å². The summed E-state index contributed by atoms with van der Waals surface area (Å²) >= 11 is 0. The minimum absolute atomic E-state index is 0.0872. The molecular formula is C29H37N3O5. The van der Waals surface area contributed by atoms with Crippen LogP contribution in [0.1, 0.15) is 49.9 Å². The van der Waals surface area contributed by atoms with E-state index in [1.807, 2.05) is 48.5 Å². The maximum atomic E-state index is 13.4. The molecule has 0 radical (unpaired) electrons. The maximum Gasteiger partial charge on any atom is 0.255 e. The van der Waals surface area contributed by atoms with Crippen molar-refractivity contribution in [1.82, 2.24) is 15.5 Å². The second-order valence-electron chi connectivity index (χ2n) is 10.6. The number of hydrogen-bond acceptors (Lipinski definition) is 6. The minimum Gasteiger partial charge on any atom is -0.493 e. The molecule has 37 heavy (non-hydrogen) atoms. The fraction of sp³-hybridized carbons (Fsp3) is 0.517. The quantitative estimate of drug-likeness (QED) is 0.578. The molecule has 198 valence electrons. The van der Waals surface area contributed by atoms with E-state index in [2.05, 4.69) is 29.4 Å². The molecule has 3 N–H and O–H groups in total. The largest absolute Gasteiger partial charge is 0.493 e. The molecule has 2 aromatic rings. The van der Waals surface area contributed by atoms with E-state index in [-0.39, 0.29) is 42.6 Å². The van der Waals surface area contributed by atoms with Crippen LogP contribution in [0, 0.1) is 0 Å². The SMILES string of the molecule is CC(C)N1C[C@@H]2C[C@H]1C(=O)NC[C@H]1O[C@H](CCOc3cc(-c4ccccc4)ccc3C(=O)N2)CC[C@@H]1O. The number of nitrogens with zero attached hydrogens (tertiary/aromatic N) is 1. The van der Waals surface area contributed by atoms with Crippen LogP contribution in [0.4, 0.5) is 0 Å². The van der Waals surface area contributed by atoms with Crippen LogP contribution in [0.5, 0.6) is 5.75 Å². The second-order valence-corrected chi connectivity index (χ2v) is 10.6. The third-order valence-electron chi connectivity index (χ3n) is 7.73. The molecule has 5 rings (SSSR count). The van der Waals surface area contributed by atoms with Crippen molar-refractivity contribution in [3.8, 4) is 16.9 Å². The highest BCUT2D eigenvalue weighted by molar-refractivity contribution is 5.98. The van der Waals surface area contributed by atoms with Gasteiger partial charge < -0.3 is 25.2 Å². The van der Waals surface area contributed by atoms with Crippen LogP contribution in [0.25, 0.3) is 11.1 Å². The van der Waals surface area contributed by atoms with Gasteiger partial charge >= 0.3 is 0 Å². The molecular weight excluding hydrogens is 470 g/mol. The van der Waals surface area contributed by atoms with Crippen molar-refractivity contribution in [2.75, 3.05) is 19.7 Å². The summed E-state index contributed by atoms with van der Waals surface area (Å²) in [5.74, 6) is 0.242. The summed E-state index contributed by atoms with van der Waals surface area (Å²) in [6, 6.07) is 15.3. The van der Waals surface area contributed by atoms with E-state index in [1.165, 1.54) is 0 Å². The second kappa shape index (κ2) is 11.2. The highest BCUT2D eigenvalue weighted by Crippen LogP contribution is 2.30. The summed E-state index contributed by atoms with van der Waals surface area (Å²) in [5, 5.41) is 16.7. The summed E-state index contributed by atoms with van der Waals surface area (Å²) in [6.45, 7) is 5.34. The predicted octanol–water partition coefficient (Wildman–Crippen LogP) is 2.74. The van der Waals surface area contributed by atoms with Crippen molar-refractivity contribution in [1.29, 1.82) is 0 Å². The Morgan fingerprint density at radius 2 is 1.84 bits per heavy atom. The van der Waals surface area contributed by atoms with E-state index in [9.17, 15) is 14.7 Å². The topological polar surface area (TPSA) is 100 Å². The Balaban J connectivity index is 1.44. The van der Waals surface area contributed by atoms with Gasteiger partial charge in [-0.1, -0.05) is 36.4 Å². The van der Waals surface area contributed by atoms with Gasteiger partial charge in [0.1, 0.15) is 11.9 Å². The van der Waals surface area contributed by atoms with Gasteiger partial charge in [-0.2, -0.15) is 0 Å². The summed E-state index contributed by atoms with van der Waals surface area (Å²) < 4.78 is 12.4. The van der Waals surface area contributed by atoms with Crippen molar-refractivity contribution in [3.63, 3.8) is 0 Å². The molecule has 2 saturated heterocycles. The van der Waals surface area contributed by atoms with Crippen molar-refractivity contribution in [2.24, 2.45) is 0 Å². The lowest BCUT2D eigenvalue weighted by Gasteiger charge is -2.35. The zero-order valence-corrected chi connectivity index (χ0v) is 21.6. The van der Waals surface area contributed by atoms with E-state index < -0.39 is 12.2 Å². The van der Waals surface area contributed by atoms with E-state index >= 15 is 0 Å². The molecule has 0 saturated carbocycles. The number of carbonyl (C=O) groups is 2. The average Bonchev–Trinajstić information content (AvgIpc) is 3.33. The first-order valence-corrected chi connectivity index (χ1v) is 13.4. The lowest BCUT2D eigenvalue weighted by atomic mass is 9.99. The molecule has 0 aliphatic carbocycles. The third-order valence-corrected chi connectivity index (χ3v) is 7.73. The van der Waals surface area contributed by atoms with Gasteiger partial charge in [-0.25, -0.2) is 0 Å². The molecule has 3 heterocycles. The Labute approximate surface area is 218 Å². The van der Waals surface area contributed by atoms with Crippen LogP contribution in [-0.2, 0) is 9.53 Å². The summed E-state index contributed by atoms with van der Waals surface area (Å²) in [5.41, 5.74) is 2.50. The highest BCUT2D eigenvalue weighted by Gasteiger charge is 2.40. The highest BCUT2D eigenvalue weighted by atomic mass is 16.5. The van der Waals surface area contributed by atoms with Gasteiger partial charge in [0.05, 0.1) is 30.4 Å². The molecule has 4 bridgehead atoms. The number of fused-ring (bicyclic) bond motifs is 5. The van der Waals surface area contributed by atoms with Crippen LogP contribution in [-0.4, -0.2) is 78.0 Å². The average molecular weight is 508 g/mol. The Hall–Kier alpha value is -2.94. The number of benzene rings is 2. The molecule has 2 amide bonds. The van der Waals surface area contributed by atoms with E-state index in [0.717, 1.165) is 17.5 Å². The molecule has 3 aliphatic heterocycles. The standard InChI is InChI=1S/C29H37N3O5/c1-18(2)32-17-21-15-24(32)29(35)30-16-27-25(33)11-9-22(37-27)12-13-36-26-14-20(19-6-4-3-5-7-19)8-10-23(26)28(34)31-21/h3-8,10,14,18,21-22,24-25,27,33H,9,11-13,15-17H2,1-2H3,(H,30,35)(H,31,34)/t21-,22-,24-,25-,27+/m0/s1. The third kappa shape index (κ3) is 5.81. The van der Waals surface area contributed by atoms with E-state index in [1.54, 1.807) is 0 Å². The Morgan fingerprint density at radius 1 is 1.03 bits per heavy atom. The van der Waals surface area contributed by atoms with Gasteiger partial charge in [0.25, 0.3) is 5.91 Å². The number of hydrogen-bond donors (Lipinski definition) is 3. The first-order chi connectivity index (χ1) is 17.9. The van der Waals surface area contributed by atoms with E-state index in [4.69, 9.17) is 9.47 Å². The molecule has 8 heteroatoms. The number of rotatable bonds is 2. The number of aliphatic hydroxyl groups is 1. The molecule has 2 fully saturated rings. The number of ether oxygens (including phenoxy) is 2. The van der Waals surface area contributed by atoms with Crippen LogP contribution < -0.4 is 15.4 Å². The van der Waals surface area contributed by atoms with Gasteiger partial charge in [0, 0.05) is 31.6 Å². The number of likely N-dealkylation sites (tertiary alicyclic amines) is 1. The molecule has 0 aromatic heterocycles. The zero-order chi connectivity index (χ0) is 25.9. The number of amides is 2. The predicted molar refractivity (Wildman–Crippen MR) is 140 cm³/mol. The smallest absolute Gasteiger partial charge is 0.255 e. The summed E-state index contributed by atoms with van der Waals surface area (Å²) in [7, 11) is 0. The summed E-state index contributed by atoms with van der Waals surface area (Å²) in [6.07, 6.45) is 1.34. The Kier molecular flexibility index (Phi) is 7.79. The van der Waals surface area contributed by atoms with Crippen molar-refractivity contribution < 1.29 is 24.2 Å². The number of aliphatic hydroxyl groups excluding tert-OH is 1. The Morgan fingerprint density at radius 3 is 2.62 bits per heavy atom. The molecule has 3 aliphatic rings. The lowest BCUT2D eigenvalue weighted by Crippen LogP contribution is -2.51. The molecule has 0 spiro atoms. The van der Waals surface area contributed by atoms with E-state index in [0.29, 0.717) is 43.7 Å². The van der Waals surface area contributed by atoms with Crippen LogP contribution >= 0.6 is 0 Å². The van der Waals surface area contributed by atoms with Gasteiger partial charge in [-0.05, 0) is 56.4 Å². The molecule has 5 atom stereocenters. The monoisotopic (exact) mass is 507 g/mol. The van der Waals surface area contributed by atoms with Gasteiger partial charge in [-0.3, -0.25) is 14.5 Å². The molecule has 0 unspecified atom stereocenters. The number of nitrogens with one attached hydrogen (secondary N) is 2. The fourth-order valence-corrected chi connectivity index (χ4v) is 5.66. The zero-order valence-electron chi connectivity index (χ0n) is 21.6. The van der Waals surface area contributed by atoms with Crippen molar-refractivity contribution >= 4 is 11.8 Å².